The zero-order valence-corrected chi connectivity index (χ0v) is 16.7. The molecule has 0 bridgehead atoms. The maximum atomic E-state index is 14.8. The number of benzene rings is 2. The third kappa shape index (κ3) is 3.58. The highest BCUT2D eigenvalue weighted by Crippen LogP contribution is 2.48. The van der Waals surface area contributed by atoms with Gasteiger partial charge in [-0.1, -0.05) is 11.8 Å². The second kappa shape index (κ2) is 7.78. The van der Waals surface area contributed by atoms with Crippen LogP contribution in [0.5, 0.6) is 0 Å². The third-order valence-electron chi connectivity index (χ3n) is 5.33. The van der Waals surface area contributed by atoms with Gasteiger partial charge < -0.3 is 19.9 Å². The van der Waals surface area contributed by atoms with Crippen LogP contribution >= 0.6 is 24.2 Å². The van der Waals surface area contributed by atoms with E-state index in [-0.39, 0.29) is 18.2 Å². The average molecular weight is 408 g/mol. The summed E-state index contributed by atoms with van der Waals surface area (Å²) in [6.45, 7) is 5.28. The molecule has 0 saturated carbocycles. The van der Waals surface area contributed by atoms with Crippen molar-refractivity contribution in [1.29, 1.82) is 0 Å². The smallest absolute Gasteiger partial charge is 0.149 e. The molecule has 0 aliphatic carbocycles. The van der Waals surface area contributed by atoms with Crippen LogP contribution in [-0.4, -0.2) is 39.4 Å². The topological polar surface area (TPSA) is 27.7 Å². The van der Waals surface area contributed by atoms with Gasteiger partial charge in [-0.2, -0.15) is 0 Å². The minimum absolute atomic E-state index is 0. The Hall–Kier alpha value is -1.63. The number of rotatable bonds is 2. The Morgan fingerprint density at radius 2 is 1.59 bits per heavy atom. The summed E-state index contributed by atoms with van der Waals surface area (Å²) in [6, 6.07) is 10.2. The van der Waals surface area contributed by atoms with E-state index in [0.717, 1.165) is 42.4 Å². The molecular formula is C20H23ClFN3OS. The first-order valence-corrected chi connectivity index (χ1v) is 10.1. The van der Waals surface area contributed by atoms with Crippen molar-refractivity contribution in [2.45, 2.75) is 22.6 Å². The van der Waals surface area contributed by atoms with Gasteiger partial charge in [0.25, 0.3) is 0 Å². The largest absolute Gasteiger partial charge is 0.378 e. The SMILES string of the molecule is Cl.Fc1cc(N2CCOCC2)cc2c1Nc1ccc(N3CCCC3)cc1S2. The van der Waals surface area contributed by atoms with E-state index >= 15 is 0 Å². The molecule has 0 amide bonds. The molecule has 0 atom stereocenters. The zero-order valence-electron chi connectivity index (χ0n) is 15.0. The van der Waals surface area contributed by atoms with E-state index in [1.165, 1.54) is 23.4 Å². The molecule has 2 aromatic rings. The summed E-state index contributed by atoms with van der Waals surface area (Å²) in [7, 11) is 0. The molecular weight excluding hydrogens is 385 g/mol. The lowest BCUT2D eigenvalue weighted by molar-refractivity contribution is 0.122. The van der Waals surface area contributed by atoms with Crippen LogP contribution < -0.4 is 15.1 Å². The van der Waals surface area contributed by atoms with Gasteiger partial charge in [-0.25, -0.2) is 4.39 Å². The fourth-order valence-corrected chi connectivity index (χ4v) is 4.97. The lowest BCUT2D eigenvalue weighted by atomic mass is 10.2. The molecule has 3 aliphatic rings. The fraction of sp³-hybridized carbons (Fsp3) is 0.400. The molecule has 2 saturated heterocycles. The predicted octanol–water partition coefficient (Wildman–Crippen LogP) is 4.89. The summed E-state index contributed by atoms with van der Waals surface area (Å²) in [6.07, 6.45) is 2.53. The Bertz CT molecular complexity index is 838. The lowest BCUT2D eigenvalue weighted by Gasteiger charge is -2.31. The zero-order chi connectivity index (χ0) is 17.5. The summed E-state index contributed by atoms with van der Waals surface area (Å²) in [4.78, 5) is 6.75. The van der Waals surface area contributed by atoms with Crippen LogP contribution in [0.1, 0.15) is 12.8 Å². The molecule has 27 heavy (non-hydrogen) atoms. The van der Waals surface area contributed by atoms with E-state index in [0.29, 0.717) is 18.9 Å². The molecule has 0 aromatic heterocycles. The quantitative estimate of drug-likeness (QED) is 0.652. The Labute approximate surface area is 169 Å². The van der Waals surface area contributed by atoms with Crippen LogP contribution in [0.25, 0.3) is 0 Å². The lowest BCUT2D eigenvalue weighted by Crippen LogP contribution is -2.36. The number of anilines is 4. The Balaban J connectivity index is 0.00000180. The van der Waals surface area contributed by atoms with E-state index < -0.39 is 0 Å². The maximum absolute atomic E-state index is 14.8. The van der Waals surface area contributed by atoms with Gasteiger partial charge in [0.2, 0.25) is 0 Å². The highest BCUT2D eigenvalue weighted by Gasteiger charge is 2.23. The summed E-state index contributed by atoms with van der Waals surface area (Å²) in [5.41, 5.74) is 3.79. The first-order valence-electron chi connectivity index (χ1n) is 9.28. The van der Waals surface area contributed by atoms with Crippen LogP contribution in [0.4, 0.5) is 27.1 Å². The highest BCUT2D eigenvalue weighted by atomic mass is 35.5. The van der Waals surface area contributed by atoms with Crippen molar-refractivity contribution >= 4 is 46.9 Å². The number of nitrogens with one attached hydrogen (secondary N) is 1. The van der Waals surface area contributed by atoms with Gasteiger partial charge in [-0.3, -0.25) is 0 Å². The molecule has 2 aromatic carbocycles. The molecule has 144 valence electrons. The van der Waals surface area contributed by atoms with Crippen molar-refractivity contribution in [2.75, 3.05) is 54.5 Å². The van der Waals surface area contributed by atoms with E-state index in [2.05, 4.69) is 39.4 Å². The summed E-state index contributed by atoms with van der Waals surface area (Å²) >= 11 is 1.66. The predicted molar refractivity (Wildman–Crippen MR) is 112 cm³/mol. The van der Waals surface area contributed by atoms with Crippen molar-refractivity contribution in [3.05, 3.63) is 36.1 Å². The second-order valence-electron chi connectivity index (χ2n) is 7.00. The molecule has 0 radical (unpaired) electrons. The normalized spacial score (nSPS) is 18.4. The van der Waals surface area contributed by atoms with Gasteiger partial charge in [-0.15, -0.1) is 12.4 Å². The maximum Gasteiger partial charge on any atom is 0.149 e. The summed E-state index contributed by atoms with van der Waals surface area (Å²) in [5, 5.41) is 3.30. The number of ether oxygens (including phenoxy) is 1. The van der Waals surface area contributed by atoms with Gasteiger partial charge in [0, 0.05) is 47.3 Å². The number of morpholine rings is 1. The van der Waals surface area contributed by atoms with Gasteiger partial charge in [0.1, 0.15) is 5.82 Å². The summed E-state index contributed by atoms with van der Waals surface area (Å²) < 4.78 is 20.2. The Morgan fingerprint density at radius 1 is 0.889 bits per heavy atom. The molecule has 1 N–H and O–H groups in total. The number of halogens is 2. The molecule has 3 aliphatic heterocycles. The third-order valence-corrected chi connectivity index (χ3v) is 6.43. The van der Waals surface area contributed by atoms with Crippen molar-refractivity contribution in [3.63, 3.8) is 0 Å². The van der Waals surface area contributed by atoms with E-state index in [4.69, 9.17) is 4.74 Å². The minimum Gasteiger partial charge on any atom is -0.378 e. The Kier molecular flexibility index (Phi) is 5.39. The van der Waals surface area contributed by atoms with Gasteiger partial charge in [-0.05, 0) is 43.2 Å². The number of fused-ring (bicyclic) bond motifs is 2. The minimum atomic E-state index is -0.189. The van der Waals surface area contributed by atoms with Gasteiger partial charge in [0.05, 0.1) is 24.6 Å². The molecule has 2 fully saturated rings. The molecule has 0 spiro atoms. The first-order chi connectivity index (χ1) is 12.8. The Morgan fingerprint density at radius 3 is 2.37 bits per heavy atom. The van der Waals surface area contributed by atoms with Crippen LogP contribution in [0.15, 0.2) is 40.1 Å². The number of nitrogens with zero attached hydrogens (tertiary/aromatic N) is 2. The molecule has 4 nitrogen and oxygen atoms in total. The average Bonchev–Trinajstić information content (AvgIpc) is 3.22. The molecule has 5 rings (SSSR count). The van der Waals surface area contributed by atoms with E-state index in [1.54, 1.807) is 17.8 Å². The van der Waals surface area contributed by atoms with Crippen LogP contribution in [-0.2, 0) is 4.74 Å². The fourth-order valence-electron chi connectivity index (χ4n) is 3.90. The monoisotopic (exact) mass is 407 g/mol. The van der Waals surface area contributed by atoms with Crippen molar-refractivity contribution in [2.24, 2.45) is 0 Å². The van der Waals surface area contributed by atoms with Crippen LogP contribution in [0.2, 0.25) is 0 Å². The van der Waals surface area contributed by atoms with Crippen LogP contribution in [0.3, 0.4) is 0 Å². The second-order valence-corrected chi connectivity index (χ2v) is 8.09. The van der Waals surface area contributed by atoms with Crippen molar-refractivity contribution < 1.29 is 9.13 Å². The van der Waals surface area contributed by atoms with Crippen molar-refractivity contribution in [1.82, 2.24) is 0 Å². The van der Waals surface area contributed by atoms with Crippen molar-refractivity contribution in [3.8, 4) is 0 Å². The number of hydrogen-bond donors (Lipinski definition) is 1. The standard InChI is InChI=1S/C20H22FN3OS.ClH/c21-16-11-15(24-7-9-25-10-8-24)13-19-20(16)22-17-4-3-14(12-18(17)26-19)23-5-1-2-6-23;/h3-4,11-13,22H,1-2,5-10H2;1H. The molecule has 3 heterocycles. The van der Waals surface area contributed by atoms with E-state index in [1.807, 2.05) is 0 Å². The van der Waals surface area contributed by atoms with Gasteiger partial charge in [0.15, 0.2) is 0 Å². The first kappa shape index (κ1) is 18.7. The number of hydrogen-bond acceptors (Lipinski definition) is 5. The van der Waals surface area contributed by atoms with E-state index in [9.17, 15) is 4.39 Å². The molecule has 0 unspecified atom stereocenters. The van der Waals surface area contributed by atoms with Crippen LogP contribution in [0, 0.1) is 5.82 Å². The molecule has 7 heteroatoms. The highest BCUT2D eigenvalue weighted by molar-refractivity contribution is 7.99. The summed E-state index contributed by atoms with van der Waals surface area (Å²) in [5.74, 6) is -0.189. The van der Waals surface area contributed by atoms with Gasteiger partial charge >= 0.3 is 0 Å².